The Hall–Kier alpha value is -0.980. The van der Waals surface area contributed by atoms with E-state index in [9.17, 15) is 4.79 Å². The quantitative estimate of drug-likeness (QED) is 0.771. The Labute approximate surface area is 111 Å². The summed E-state index contributed by atoms with van der Waals surface area (Å²) in [5, 5.41) is 2.85. The molecule has 1 atom stereocenters. The molecule has 1 aromatic heterocycles. The van der Waals surface area contributed by atoms with Crippen molar-refractivity contribution in [3.8, 4) is 0 Å². The number of nitrogens with zero attached hydrogens (tertiary/aromatic N) is 2. The number of esters is 1. The van der Waals surface area contributed by atoms with Crippen molar-refractivity contribution in [1.82, 2.24) is 9.88 Å². The number of thiazole rings is 1. The number of ether oxygens (including phenoxy) is 2. The van der Waals surface area contributed by atoms with Crippen LogP contribution in [0.15, 0.2) is 5.38 Å². The molecule has 1 aliphatic rings. The van der Waals surface area contributed by atoms with Crippen molar-refractivity contribution in [3.63, 3.8) is 0 Å². The topological polar surface area (TPSA) is 51.7 Å². The first kappa shape index (κ1) is 13.5. The van der Waals surface area contributed by atoms with Crippen molar-refractivity contribution in [2.24, 2.45) is 0 Å². The number of carbonyl (C=O) groups is 1. The molecule has 0 bridgehead atoms. The van der Waals surface area contributed by atoms with Gasteiger partial charge in [-0.3, -0.25) is 4.79 Å². The van der Waals surface area contributed by atoms with E-state index in [-0.39, 0.29) is 18.5 Å². The van der Waals surface area contributed by atoms with Crippen molar-refractivity contribution in [3.05, 3.63) is 16.1 Å². The van der Waals surface area contributed by atoms with Crippen LogP contribution in [0.5, 0.6) is 0 Å². The fourth-order valence-corrected chi connectivity index (χ4v) is 2.70. The molecular formula is C12H18N2O3S. The van der Waals surface area contributed by atoms with Gasteiger partial charge in [0.15, 0.2) is 0 Å². The van der Waals surface area contributed by atoms with Gasteiger partial charge in [-0.15, -0.1) is 11.3 Å². The number of likely N-dealkylation sites (N-methyl/N-ethyl adjacent to an activating group) is 1. The maximum atomic E-state index is 11.4. The number of hydrogen-bond acceptors (Lipinski definition) is 6. The summed E-state index contributed by atoms with van der Waals surface area (Å²) in [6, 6.07) is 0. The number of aromatic nitrogens is 1. The highest BCUT2D eigenvalue weighted by Crippen LogP contribution is 2.24. The van der Waals surface area contributed by atoms with Crippen LogP contribution in [0.25, 0.3) is 0 Å². The van der Waals surface area contributed by atoms with Gasteiger partial charge in [0.2, 0.25) is 0 Å². The fraction of sp³-hybridized carbons (Fsp3) is 0.667. The van der Waals surface area contributed by atoms with E-state index in [1.165, 1.54) is 0 Å². The van der Waals surface area contributed by atoms with Gasteiger partial charge in [-0.1, -0.05) is 0 Å². The van der Waals surface area contributed by atoms with Crippen molar-refractivity contribution in [2.45, 2.75) is 19.4 Å². The first-order chi connectivity index (χ1) is 8.69. The monoisotopic (exact) mass is 270 g/mol. The molecule has 2 heterocycles. The normalized spacial score (nSPS) is 20.9. The average Bonchev–Trinajstić information content (AvgIpc) is 2.78. The first-order valence-electron chi connectivity index (χ1n) is 6.09. The lowest BCUT2D eigenvalue weighted by molar-refractivity contribution is -0.142. The summed E-state index contributed by atoms with van der Waals surface area (Å²) in [6.07, 6.45) is 0.275. The van der Waals surface area contributed by atoms with Gasteiger partial charge in [0.25, 0.3) is 0 Å². The molecule has 0 radical (unpaired) electrons. The van der Waals surface area contributed by atoms with Crippen molar-refractivity contribution in [2.75, 3.05) is 33.4 Å². The van der Waals surface area contributed by atoms with Gasteiger partial charge < -0.3 is 14.4 Å². The molecule has 1 aromatic rings. The lowest BCUT2D eigenvalue weighted by Gasteiger charge is -2.28. The number of hydrogen-bond donors (Lipinski definition) is 0. The number of rotatable bonds is 4. The molecule has 0 aromatic carbocycles. The van der Waals surface area contributed by atoms with Gasteiger partial charge in [0.1, 0.15) is 11.1 Å². The highest BCUT2D eigenvalue weighted by molar-refractivity contribution is 7.09. The second-order valence-electron chi connectivity index (χ2n) is 4.28. The Morgan fingerprint density at radius 1 is 1.72 bits per heavy atom. The van der Waals surface area contributed by atoms with Gasteiger partial charge in [-0.25, -0.2) is 4.98 Å². The average molecular weight is 270 g/mol. The van der Waals surface area contributed by atoms with Crippen LogP contribution in [-0.2, 0) is 20.7 Å². The zero-order chi connectivity index (χ0) is 13.0. The van der Waals surface area contributed by atoms with Gasteiger partial charge in [0.05, 0.1) is 25.3 Å². The lowest BCUT2D eigenvalue weighted by atomic mass is 10.3. The maximum absolute atomic E-state index is 11.4. The first-order valence-corrected chi connectivity index (χ1v) is 6.97. The Balaban J connectivity index is 1.95. The van der Waals surface area contributed by atoms with Gasteiger partial charge in [-0.05, 0) is 14.0 Å². The summed E-state index contributed by atoms with van der Waals surface area (Å²) >= 11 is 1.55. The molecule has 1 saturated heterocycles. The Morgan fingerprint density at radius 3 is 3.28 bits per heavy atom. The SMILES string of the molecule is CCOC(=O)Cc1csc(C2CN(C)CCO2)n1. The van der Waals surface area contributed by atoms with Gasteiger partial charge in [-0.2, -0.15) is 0 Å². The zero-order valence-electron chi connectivity index (χ0n) is 10.7. The number of carbonyl (C=O) groups excluding carboxylic acids is 1. The predicted octanol–water partition coefficient (Wildman–Crippen LogP) is 1.25. The maximum Gasteiger partial charge on any atom is 0.311 e. The molecule has 1 aliphatic heterocycles. The highest BCUT2D eigenvalue weighted by Gasteiger charge is 2.22. The van der Waals surface area contributed by atoms with E-state index in [1.807, 2.05) is 5.38 Å². The van der Waals surface area contributed by atoms with Crippen LogP contribution in [0.2, 0.25) is 0 Å². The second-order valence-corrected chi connectivity index (χ2v) is 5.17. The van der Waals surface area contributed by atoms with E-state index in [4.69, 9.17) is 9.47 Å². The van der Waals surface area contributed by atoms with Crippen LogP contribution in [0.4, 0.5) is 0 Å². The molecule has 1 unspecified atom stereocenters. The summed E-state index contributed by atoms with van der Waals surface area (Å²) in [5.41, 5.74) is 0.769. The van der Waals surface area contributed by atoms with Crippen LogP contribution in [0.3, 0.4) is 0 Å². The second kappa shape index (κ2) is 6.26. The van der Waals surface area contributed by atoms with Crippen molar-refractivity contribution < 1.29 is 14.3 Å². The van der Waals surface area contributed by atoms with Crippen LogP contribution in [0.1, 0.15) is 23.7 Å². The molecule has 5 nitrogen and oxygen atoms in total. The van der Waals surface area contributed by atoms with E-state index in [0.29, 0.717) is 6.61 Å². The third-order valence-electron chi connectivity index (χ3n) is 2.75. The predicted molar refractivity (Wildman–Crippen MR) is 68.6 cm³/mol. The van der Waals surface area contributed by atoms with Crippen LogP contribution in [-0.4, -0.2) is 49.2 Å². The molecular weight excluding hydrogens is 252 g/mol. The molecule has 2 rings (SSSR count). The van der Waals surface area contributed by atoms with Crippen LogP contribution < -0.4 is 0 Å². The Kier molecular flexibility index (Phi) is 4.68. The smallest absolute Gasteiger partial charge is 0.311 e. The van der Waals surface area contributed by atoms with E-state index < -0.39 is 0 Å². The summed E-state index contributed by atoms with van der Waals surface area (Å²) < 4.78 is 10.6. The van der Waals surface area contributed by atoms with Crippen LogP contribution in [0, 0.1) is 0 Å². The van der Waals surface area contributed by atoms with Gasteiger partial charge >= 0.3 is 5.97 Å². The number of morpholine rings is 1. The van der Waals surface area contributed by atoms with E-state index in [0.717, 1.165) is 30.4 Å². The molecule has 100 valence electrons. The van der Waals surface area contributed by atoms with E-state index in [2.05, 4.69) is 16.9 Å². The molecule has 0 N–H and O–H groups in total. The third-order valence-corrected chi connectivity index (χ3v) is 3.73. The summed E-state index contributed by atoms with van der Waals surface area (Å²) in [6.45, 7) is 4.75. The van der Waals surface area contributed by atoms with E-state index >= 15 is 0 Å². The Morgan fingerprint density at radius 2 is 2.56 bits per heavy atom. The summed E-state index contributed by atoms with van der Waals surface area (Å²) in [4.78, 5) is 18.0. The largest absolute Gasteiger partial charge is 0.466 e. The highest BCUT2D eigenvalue weighted by atomic mass is 32.1. The standard InChI is InChI=1S/C12H18N2O3S/c1-3-16-11(15)6-9-8-18-12(13-9)10-7-14(2)4-5-17-10/h8,10H,3-7H2,1-2H3. The molecule has 0 spiro atoms. The van der Waals surface area contributed by atoms with E-state index in [1.54, 1.807) is 18.3 Å². The molecule has 0 aliphatic carbocycles. The lowest BCUT2D eigenvalue weighted by Crippen LogP contribution is -2.35. The zero-order valence-corrected chi connectivity index (χ0v) is 11.5. The summed E-state index contributed by atoms with van der Waals surface area (Å²) in [5.74, 6) is -0.226. The third kappa shape index (κ3) is 3.51. The van der Waals surface area contributed by atoms with Crippen molar-refractivity contribution in [1.29, 1.82) is 0 Å². The molecule has 18 heavy (non-hydrogen) atoms. The minimum atomic E-state index is -0.226. The molecule has 0 amide bonds. The Bertz CT molecular complexity index is 408. The summed E-state index contributed by atoms with van der Waals surface area (Å²) in [7, 11) is 2.07. The van der Waals surface area contributed by atoms with Gasteiger partial charge in [0, 0.05) is 18.5 Å². The fourth-order valence-electron chi connectivity index (χ4n) is 1.84. The van der Waals surface area contributed by atoms with Crippen molar-refractivity contribution >= 4 is 17.3 Å². The minimum Gasteiger partial charge on any atom is -0.466 e. The van der Waals surface area contributed by atoms with Crippen LogP contribution >= 0.6 is 11.3 Å². The minimum absolute atomic E-state index is 0.0321. The molecule has 6 heteroatoms. The molecule has 0 saturated carbocycles. The molecule has 1 fully saturated rings.